The number of anilines is 1. The zero-order chi connectivity index (χ0) is 19.1. The summed E-state index contributed by atoms with van der Waals surface area (Å²) in [5.41, 5.74) is 3.43. The molecule has 1 atom stereocenters. The SMILES string of the molecule is CN=C(NCc1ncccc1C)NC1CCCN(c2cccc(OC)c2)C1. The monoisotopic (exact) mass is 367 g/mol. The molecule has 1 fully saturated rings. The number of ether oxygens (including phenoxy) is 1. The number of nitrogens with one attached hydrogen (secondary N) is 2. The van der Waals surface area contributed by atoms with Crippen LogP contribution < -0.4 is 20.3 Å². The molecule has 2 N–H and O–H groups in total. The van der Waals surface area contributed by atoms with E-state index in [1.54, 1.807) is 7.11 Å². The maximum atomic E-state index is 5.36. The van der Waals surface area contributed by atoms with Gasteiger partial charge < -0.3 is 20.3 Å². The van der Waals surface area contributed by atoms with Gasteiger partial charge in [-0.3, -0.25) is 9.98 Å². The summed E-state index contributed by atoms with van der Waals surface area (Å²) in [7, 11) is 3.52. The van der Waals surface area contributed by atoms with Crippen LogP contribution in [0.3, 0.4) is 0 Å². The fourth-order valence-electron chi connectivity index (χ4n) is 3.40. The van der Waals surface area contributed by atoms with Crippen molar-refractivity contribution in [3.05, 3.63) is 53.9 Å². The lowest BCUT2D eigenvalue weighted by Crippen LogP contribution is -2.51. The Labute approximate surface area is 161 Å². The number of hydrogen-bond donors (Lipinski definition) is 2. The molecule has 144 valence electrons. The molecule has 0 amide bonds. The Morgan fingerprint density at radius 3 is 3.00 bits per heavy atom. The minimum absolute atomic E-state index is 0.348. The van der Waals surface area contributed by atoms with Gasteiger partial charge in [-0.15, -0.1) is 0 Å². The van der Waals surface area contributed by atoms with Crippen molar-refractivity contribution in [3.63, 3.8) is 0 Å². The predicted molar refractivity (Wildman–Crippen MR) is 111 cm³/mol. The summed E-state index contributed by atoms with van der Waals surface area (Å²) in [6.07, 6.45) is 4.10. The van der Waals surface area contributed by atoms with Gasteiger partial charge in [0.25, 0.3) is 0 Å². The summed E-state index contributed by atoms with van der Waals surface area (Å²) in [6.45, 7) is 4.74. The number of pyridine rings is 1. The number of hydrogen-bond acceptors (Lipinski definition) is 4. The second-order valence-electron chi connectivity index (χ2n) is 6.82. The van der Waals surface area contributed by atoms with Crippen LogP contribution in [0, 0.1) is 6.92 Å². The first-order valence-corrected chi connectivity index (χ1v) is 9.46. The summed E-state index contributed by atoms with van der Waals surface area (Å²) < 4.78 is 5.36. The van der Waals surface area contributed by atoms with Gasteiger partial charge in [0.15, 0.2) is 5.96 Å². The second-order valence-corrected chi connectivity index (χ2v) is 6.82. The van der Waals surface area contributed by atoms with Gasteiger partial charge in [-0.25, -0.2) is 0 Å². The van der Waals surface area contributed by atoms with E-state index in [1.807, 2.05) is 31.4 Å². The molecule has 3 rings (SSSR count). The first kappa shape index (κ1) is 19.0. The van der Waals surface area contributed by atoms with E-state index >= 15 is 0 Å². The molecule has 2 heterocycles. The minimum atomic E-state index is 0.348. The predicted octanol–water partition coefficient (Wildman–Crippen LogP) is 2.73. The number of aryl methyl sites for hydroxylation is 1. The molecule has 6 nitrogen and oxygen atoms in total. The van der Waals surface area contributed by atoms with E-state index < -0.39 is 0 Å². The first-order chi connectivity index (χ1) is 13.2. The molecule has 0 spiro atoms. The highest BCUT2D eigenvalue weighted by atomic mass is 16.5. The van der Waals surface area contributed by atoms with Crippen molar-refractivity contribution in [2.24, 2.45) is 4.99 Å². The number of aliphatic imine (C=N–C) groups is 1. The van der Waals surface area contributed by atoms with Crippen molar-refractivity contribution in [2.75, 3.05) is 32.1 Å². The molecule has 6 heteroatoms. The van der Waals surface area contributed by atoms with Gasteiger partial charge in [0.05, 0.1) is 19.3 Å². The maximum Gasteiger partial charge on any atom is 0.191 e. The van der Waals surface area contributed by atoms with Gasteiger partial charge in [-0.1, -0.05) is 12.1 Å². The zero-order valence-corrected chi connectivity index (χ0v) is 16.4. The van der Waals surface area contributed by atoms with Crippen molar-refractivity contribution in [2.45, 2.75) is 32.4 Å². The fourth-order valence-corrected chi connectivity index (χ4v) is 3.40. The lowest BCUT2D eigenvalue weighted by atomic mass is 10.0. The third-order valence-corrected chi connectivity index (χ3v) is 4.95. The Morgan fingerprint density at radius 1 is 1.33 bits per heavy atom. The number of benzene rings is 1. The molecule has 0 saturated carbocycles. The molecular weight excluding hydrogens is 338 g/mol. The third-order valence-electron chi connectivity index (χ3n) is 4.95. The topological polar surface area (TPSA) is 61.8 Å². The number of rotatable bonds is 5. The van der Waals surface area contributed by atoms with Crippen LogP contribution in [-0.4, -0.2) is 44.2 Å². The van der Waals surface area contributed by atoms with E-state index in [2.05, 4.69) is 50.6 Å². The van der Waals surface area contributed by atoms with Gasteiger partial charge in [0, 0.05) is 44.1 Å². The van der Waals surface area contributed by atoms with Crippen LogP contribution in [0.2, 0.25) is 0 Å². The van der Waals surface area contributed by atoms with E-state index in [9.17, 15) is 0 Å². The Kier molecular flexibility index (Phi) is 6.52. The highest BCUT2D eigenvalue weighted by Gasteiger charge is 2.21. The summed E-state index contributed by atoms with van der Waals surface area (Å²) in [5, 5.41) is 6.95. The third kappa shape index (κ3) is 5.12. The first-order valence-electron chi connectivity index (χ1n) is 9.46. The smallest absolute Gasteiger partial charge is 0.191 e. The summed E-state index contributed by atoms with van der Waals surface area (Å²) in [4.78, 5) is 11.2. The average Bonchev–Trinajstić information content (AvgIpc) is 2.72. The summed E-state index contributed by atoms with van der Waals surface area (Å²) in [5.74, 6) is 1.71. The molecule has 1 aromatic heterocycles. The molecule has 27 heavy (non-hydrogen) atoms. The Morgan fingerprint density at radius 2 is 2.22 bits per heavy atom. The summed E-state index contributed by atoms with van der Waals surface area (Å²) >= 11 is 0. The highest BCUT2D eigenvalue weighted by Crippen LogP contribution is 2.24. The molecule has 0 bridgehead atoms. The van der Waals surface area contributed by atoms with Crippen LogP contribution in [0.15, 0.2) is 47.6 Å². The quantitative estimate of drug-likeness (QED) is 0.629. The standard InChI is InChI=1S/C21H29N5O/c1-16-7-5-11-23-20(16)14-24-21(22-2)25-17-8-6-12-26(15-17)18-9-4-10-19(13-18)27-3/h4-5,7,9-11,13,17H,6,8,12,14-15H2,1-3H3,(H2,22,24,25). The molecule has 2 aromatic rings. The molecule has 0 radical (unpaired) electrons. The fraction of sp³-hybridized carbons (Fsp3) is 0.429. The highest BCUT2D eigenvalue weighted by molar-refractivity contribution is 5.80. The number of methoxy groups -OCH3 is 1. The van der Waals surface area contributed by atoms with Crippen molar-refractivity contribution in [1.29, 1.82) is 0 Å². The van der Waals surface area contributed by atoms with Crippen LogP contribution in [0.1, 0.15) is 24.1 Å². The lowest BCUT2D eigenvalue weighted by Gasteiger charge is -2.35. The number of aromatic nitrogens is 1. The molecule has 1 aliphatic heterocycles. The van der Waals surface area contributed by atoms with Crippen LogP contribution in [0.5, 0.6) is 5.75 Å². The average molecular weight is 367 g/mol. The number of piperidine rings is 1. The van der Waals surface area contributed by atoms with E-state index in [0.717, 1.165) is 43.3 Å². The molecule has 1 aromatic carbocycles. The van der Waals surface area contributed by atoms with E-state index in [1.165, 1.54) is 11.3 Å². The molecule has 0 aliphatic carbocycles. The van der Waals surface area contributed by atoms with Crippen LogP contribution in [-0.2, 0) is 6.54 Å². The normalized spacial score (nSPS) is 17.5. The van der Waals surface area contributed by atoms with Gasteiger partial charge in [0.1, 0.15) is 5.75 Å². The molecular formula is C21H29N5O. The second kappa shape index (κ2) is 9.26. The molecule has 1 saturated heterocycles. The van der Waals surface area contributed by atoms with Gasteiger partial charge in [0.2, 0.25) is 0 Å². The maximum absolute atomic E-state index is 5.36. The van der Waals surface area contributed by atoms with Crippen LogP contribution in [0.25, 0.3) is 0 Å². The van der Waals surface area contributed by atoms with E-state index in [-0.39, 0.29) is 0 Å². The number of guanidine groups is 1. The van der Waals surface area contributed by atoms with Crippen molar-refractivity contribution < 1.29 is 4.74 Å². The molecule has 1 aliphatic rings. The number of nitrogens with zero attached hydrogens (tertiary/aromatic N) is 3. The van der Waals surface area contributed by atoms with Crippen molar-refractivity contribution >= 4 is 11.6 Å². The zero-order valence-electron chi connectivity index (χ0n) is 16.4. The lowest BCUT2D eigenvalue weighted by molar-refractivity contribution is 0.414. The van der Waals surface area contributed by atoms with E-state index in [0.29, 0.717) is 12.6 Å². The van der Waals surface area contributed by atoms with Gasteiger partial charge >= 0.3 is 0 Å². The van der Waals surface area contributed by atoms with Crippen LogP contribution >= 0.6 is 0 Å². The summed E-state index contributed by atoms with van der Waals surface area (Å²) in [6, 6.07) is 12.6. The van der Waals surface area contributed by atoms with Crippen LogP contribution in [0.4, 0.5) is 5.69 Å². The van der Waals surface area contributed by atoms with Gasteiger partial charge in [-0.2, -0.15) is 0 Å². The largest absolute Gasteiger partial charge is 0.497 e. The minimum Gasteiger partial charge on any atom is -0.497 e. The Balaban J connectivity index is 1.58. The van der Waals surface area contributed by atoms with Gasteiger partial charge in [-0.05, 0) is 43.5 Å². The molecule has 1 unspecified atom stereocenters. The van der Waals surface area contributed by atoms with Crippen molar-refractivity contribution in [1.82, 2.24) is 15.6 Å². The Bertz CT molecular complexity index is 777. The Hall–Kier alpha value is -2.76. The van der Waals surface area contributed by atoms with Crippen molar-refractivity contribution in [3.8, 4) is 5.75 Å². The van der Waals surface area contributed by atoms with E-state index in [4.69, 9.17) is 4.74 Å².